The van der Waals surface area contributed by atoms with Crippen LogP contribution >= 0.6 is 0 Å². The van der Waals surface area contributed by atoms with E-state index in [4.69, 9.17) is 5.73 Å². The fourth-order valence-corrected chi connectivity index (χ4v) is 2.34. The van der Waals surface area contributed by atoms with E-state index in [1.165, 1.54) is 19.3 Å². The zero-order valence-corrected chi connectivity index (χ0v) is 6.72. The van der Waals surface area contributed by atoms with Crippen molar-refractivity contribution in [1.29, 1.82) is 0 Å². The second-order valence-electron chi connectivity index (χ2n) is 3.86. The molecule has 1 aromatic heterocycles. The normalized spacial score (nSPS) is 38.2. The molecule has 1 aromatic rings. The van der Waals surface area contributed by atoms with Gasteiger partial charge in [-0.05, 0) is 41.5 Å². The third kappa shape index (κ3) is 0.761. The lowest BCUT2D eigenvalue weighted by Crippen LogP contribution is -2.12. The average molecular weight is 165 g/mol. The van der Waals surface area contributed by atoms with Gasteiger partial charge in [-0.15, -0.1) is 0 Å². The van der Waals surface area contributed by atoms with E-state index < -0.39 is 0 Å². The molecule has 0 aromatic carbocycles. The molecule has 0 aliphatic heterocycles. The predicted octanol–water partition coefficient (Wildman–Crippen LogP) is 0.226. The van der Waals surface area contributed by atoms with Crippen molar-refractivity contribution >= 4 is 5.95 Å². The summed E-state index contributed by atoms with van der Waals surface area (Å²) in [4.78, 5) is 0. The Kier molecular flexibility index (Phi) is 1.05. The van der Waals surface area contributed by atoms with Crippen LogP contribution in [0.4, 0.5) is 5.95 Å². The number of rotatable bonds is 1. The minimum atomic E-state index is 0.460. The van der Waals surface area contributed by atoms with Crippen molar-refractivity contribution in [3.05, 3.63) is 0 Å². The number of nitrogens with two attached hydrogens (primary N) is 1. The van der Waals surface area contributed by atoms with Gasteiger partial charge in [0.2, 0.25) is 5.95 Å². The summed E-state index contributed by atoms with van der Waals surface area (Å²) in [5, 5.41) is 11.1. The second kappa shape index (κ2) is 1.97. The molecule has 2 aliphatic rings. The van der Waals surface area contributed by atoms with Crippen LogP contribution in [0.3, 0.4) is 0 Å². The molecular weight excluding hydrogens is 154 g/mol. The van der Waals surface area contributed by atoms with Gasteiger partial charge in [-0.2, -0.15) is 0 Å². The number of fused-ring (bicyclic) bond motifs is 1. The third-order valence-electron chi connectivity index (χ3n) is 3.08. The Morgan fingerprint density at radius 2 is 2.00 bits per heavy atom. The van der Waals surface area contributed by atoms with Crippen molar-refractivity contribution in [3.63, 3.8) is 0 Å². The molecule has 12 heavy (non-hydrogen) atoms. The van der Waals surface area contributed by atoms with E-state index in [2.05, 4.69) is 15.5 Å². The van der Waals surface area contributed by atoms with Crippen LogP contribution < -0.4 is 5.73 Å². The number of tetrazole rings is 1. The van der Waals surface area contributed by atoms with Crippen LogP contribution in [-0.2, 0) is 0 Å². The lowest BCUT2D eigenvalue weighted by Gasteiger charge is -2.10. The van der Waals surface area contributed by atoms with Crippen molar-refractivity contribution in [3.8, 4) is 0 Å². The SMILES string of the molecule is Nc1nnnn1C1CC2CC2C1. The first-order valence-electron chi connectivity index (χ1n) is 4.38. The molecule has 5 nitrogen and oxygen atoms in total. The molecule has 2 N–H and O–H groups in total. The van der Waals surface area contributed by atoms with Crippen molar-refractivity contribution < 1.29 is 0 Å². The van der Waals surface area contributed by atoms with E-state index in [-0.39, 0.29) is 0 Å². The van der Waals surface area contributed by atoms with Crippen molar-refractivity contribution in [2.75, 3.05) is 5.73 Å². The first-order valence-corrected chi connectivity index (χ1v) is 4.38. The molecule has 2 atom stereocenters. The first kappa shape index (κ1) is 6.39. The van der Waals surface area contributed by atoms with Gasteiger partial charge in [0.1, 0.15) is 0 Å². The van der Waals surface area contributed by atoms with E-state index in [0.717, 1.165) is 11.8 Å². The van der Waals surface area contributed by atoms with Gasteiger partial charge >= 0.3 is 0 Å². The lowest BCUT2D eigenvalue weighted by molar-refractivity contribution is 0.422. The molecule has 1 heterocycles. The Labute approximate surface area is 69.9 Å². The third-order valence-corrected chi connectivity index (χ3v) is 3.08. The van der Waals surface area contributed by atoms with Gasteiger partial charge in [0, 0.05) is 0 Å². The fourth-order valence-electron chi connectivity index (χ4n) is 2.34. The van der Waals surface area contributed by atoms with Gasteiger partial charge in [-0.25, -0.2) is 4.68 Å². The summed E-state index contributed by atoms with van der Waals surface area (Å²) >= 11 is 0. The Balaban J connectivity index is 1.86. The van der Waals surface area contributed by atoms with Gasteiger partial charge in [0.25, 0.3) is 0 Å². The molecule has 0 bridgehead atoms. The zero-order valence-electron chi connectivity index (χ0n) is 6.72. The first-order chi connectivity index (χ1) is 5.84. The quantitative estimate of drug-likeness (QED) is 0.646. The van der Waals surface area contributed by atoms with E-state index in [1.54, 1.807) is 4.68 Å². The Bertz CT molecular complexity index is 297. The summed E-state index contributed by atoms with van der Waals surface area (Å²) in [7, 11) is 0. The molecular formula is C7H11N5. The van der Waals surface area contributed by atoms with Gasteiger partial charge < -0.3 is 5.73 Å². The summed E-state index contributed by atoms with van der Waals surface area (Å²) in [5.41, 5.74) is 5.61. The zero-order chi connectivity index (χ0) is 8.13. The molecule has 2 saturated carbocycles. The maximum absolute atomic E-state index is 5.61. The Hall–Kier alpha value is -1.13. The highest BCUT2D eigenvalue weighted by molar-refractivity contribution is 5.13. The molecule has 3 rings (SSSR count). The largest absolute Gasteiger partial charge is 0.367 e. The van der Waals surface area contributed by atoms with Crippen LogP contribution in [0.1, 0.15) is 25.3 Å². The standard InChI is InChI=1S/C7H11N5/c8-7-9-10-11-12(7)6-2-4-1-5(4)3-6/h4-6H,1-3H2,(H2,8,9,11). The van der Waals surface area contributed by atoms with E-state index in [9.17, 15) is 0 Å². The topological polar surface area (TPSA) is 69.6 Å². The molecule has 0 amide bonds. The fraction of sp³-hybridized carbons (Fsp3) is 0.857. The predicted molar refractivity (Wildman–Crippen MR) is 42.1 cm³/mol. The highest BCUT2D eigenvalue weighted by atomic mass is 15.6. The highest BCUT2D eigenvalue weighted by Crippen LogP contribution is 2.55. The van der Waals surface area contributed by atoms with Gasteiger partial charge in [0.05, 0.1) is 6.04 Å². The van der Waals surface area contributed by atoms with Crippen molar-refractivity contribution in [2.45, 2.75) is 25.3 Å². The van der Waals surface area contributed by atoms with E-state index in [1.807, 2.05) is 0 Å². The maximum atomic E-state index is 5.61. The summed E-state index contributed by atoms with van der Waals surface area (Å²) < 4.78 is 1.77. The summed E-state index contributed by atoms with van der Waals surface area (Å²) in [6.45, 7) is 0. The van der Waals surface area contributed by atoms with Gasteiger partial charge in [0.15, 0.2) is 0 Å². The van der Waals surface area contributed by atoms with Crippen LogP contribution in [-0.4, -0.2) is 20.2 Å². The van der Waals surface area contributed by atoms with E-state index in [0.29, 0.717) is 12.0 Å². The van der Waals surface area contributed by atoms with Crippen LogP contribution in [0.2, 0.25) is 0 Å². The lowest BCUT2D eigenvalue weighted by atomic mass is 10.2. The molecule has 0 spiro atoms. The molecule has 0 saturated heterocycles. The summed E-state index contributed by atoms with van der Waals surface area (Å²) in [5.74, 6) is 2.35. The molecule has 2 unspecified atom stereocenters. The van der Waals surface area contributed by atoms with Crippen LogP contribution in [0, 0.1) is 11.8 Å². The monoisotopic (exact) mass is 165 g/mol. The maximum Gasteiger partial charge on any atom is 0.240 e. The number of aromatic nitrogens is 4. The smallest absolute Gasteiger partial charge is 0.240 e. The number of nitrogens with zero attached hydrogens (tertiary/aromatic N) is 4. The number of hydrogen-bond donors (Lipinski definition) is 1. The van der Waals surface area contributed by atoms with E-state index >= 15 is 0 Å². The number of hydrogen-bond acceptors (Lipinski definition) is 4. The summed E-state index contributed by atoms with van der Waals surface area (Å²) in [6.07, 6.45) is 3.86. The molecule has 2 aliphatic carbocycles. The second-order valence-corrected chi connectivity index (χ2v) is 3.86. The van der Waals surface area contributed by atoms with Gasteiger partial charge in [-0.1, -0.05) is 5.10 Å². The Morgan fingerprint density at radius 3 is 2.58 bits per heavy atom. The molecule has 64 valence electrons. The van der Waals surface area contributed by atoms with Crippen LogP contribution in [0.15, 0.2) is 0 Å². The van der Waals surface area contributed by atoms with Crippen LogP contribution in [0.25, 0.3) is 0 Å². The summed E-state index contributed by atoms with van der Waals surface area (Å²) in [6, 6.07) is 0.476. The Morgan fingerprint density at radius 1 is 1.25 bits per heavy atom. The van der Waals surface area contributed by atoms with Gasteiger partial charge in [-0.3, -0.25) is 0 Å². The molecule has 2 fully saturated rings. The highest BCUT2D eigenvalue weighted by Gasteiger charge is 2.47. The molecule has 5 heteroatoms. The molecule has 0 radical (unpaired) electrons. The minimum Gasteiger partial charge on any atom is -0.367 e. The number of anilines is 1. The number of nitrogen functional groups attached to an aromatic ring is 1. The minimum absolute atomic E-state index is 0.460. The van der Waals surface area contributed by atoms with Crippen molar-refractivity contribution in [1.82, 2.24) is 20.2 Å². The van der Waals surface area contributed by atoms with Crippen LogP contribution in [0.5, 0.6) is 0 Å². The average Bonchev–Trinajstić information content (AvgIpc) is 2.51. The van der Waals surface area contributed by atoms with Crippen molar-refractivity contribution in [2.24, 2.45) is 11.8 Å².